The Labute approximate surface area is 172 Å². The molecule has 0 saturated heterocycles. The van der Waals surface area contributed by atoms with Gasteiger partial charge in [-0.05, 0) is 47.6 Å². The van der Waals surface area contributed by atoms with Gasteiger partial charge in [-0.2, -0.15) is 0 Å². The van der Waals surface area contributed by atoms with Gasteiger partial charge in [-0.3, -0.25) is 0 Å². The summed E-state index contributed by atoms with van der Waals surface area (Å²) < 4.78 is 0. The molecule has 0 amide bonds. The molecule has 0 fully saturated rings. The first kappa shape index (κ1) is 19.1. The van der Waals surface area contributed by atoms with E-state index in [4.69, 9.17) is 40.5 Å². The summed E-state index contributed by atoms with van der Waals surface area (Å²) in [6.07, 6.45) is 2.16. The number of guanidine groups is 1. The second-order valence-electron chi connectivity index (χ2n) is 5.93. The van der Waals surface area contributed by atoms with Crippen LogP contribution in [0.2, 0.25) is 15.1 Å². The van der Waals surface area contributed by atoms with E-state index in [1.54, 1.807) is 12.1 Å². The van der Waals surface area contributed by atoms with Gasteiger partial charge in [0.05, 0.1) is 20.8 Å². The third kappa shape index (κ3) is 3.33. The van der Waals surface area contributed by atoms with E-state index in [2.05, 4.69) is 34.6 Å². The number of nitrogens with two attached hydrogens (primary N) is 1. The molecule has 4 rings (SSSR count). The molecule has 1 aliphatic rings. The molecule has 3 aromatic rings. The van der Waals surface area contributed by atoms with Gasteiger partial charge in [-0.25, -0.2) is 4.99 Å². The molecule has 26 heavy (non-hydrogen) atoms. The topological polar surface area (TPSA) is 50.4 Å². The minimum Gasteiger partial charge on any atom is -0.369 e. The third-order valence-electron chi connectivity index (χ3n) is 4.40. The minimum atomic E-state index is 0. The Hall–Kier alpha value is -1.65. The van der Waals surface area contributed by atoms with E-state index in [0.29, 0.717) is 10.7 Å². The highest BCUT2D eigenvalue weighted by molar-refractivity contribution is 6.49. The second kappa shape index (κ2) is 7.53. The molecule has 0 atom stereocenters. The number of aryl methyl sites for hydroxylation is 2. The zero-order valence-corrected chi connectivity index (χ0v) is 16.6. The summed E-state index contributed by atoms with van der Waals surface area (Å²) in [6, 6.07) is 13.8. The van der Waals surface area contributed by atoms with E-state index in [0.717, 1.165) is 23.9 Å². The molecule has 3 N–H and O–H groups in total. The molecule has 134 valence electrons. The molecular weight excluding hydrogens is 412 g/mol. The Morgan fingerprint density at radius 1 is 0.923 bits per heavy atom. The van der Waals surface area contributed by atoms with Crippen molar-refractivity contribution in [3.63, 3.8) is 0 Å². The van der Waals surface area contributed by atoms with Crippen LogP contribution in [0, 0.1) is 0 Å². The Bertz CT molecular complexity index is 1020. The van der Waals surface area contributed by atoms with Crippen molar-refractivity contribution in [3.8, 4) is 0 Å². The van der Waals surface area contributed by atoms with Crippen LogP contribution in [0.15, 0.2) is 47.5 Å². The van der Waals surface area contributed by atoms with Gasteiger partial charge in [0.15, 0.2) is 5.96 Å². The number of hydrogen-bond donors (Lipinski definition) is 2. The maximum Gasteiger partial charge on any atom is 0.198 e. The highest BCUT2D eigenvalue weighted by atomic mass is 35.5. The van der Waals surface area contributed by atoms with Crippen molar-refractivity contribution in [1.29, 1.82) is 0 Å². The maximum absolute atomic E-state index is 6.18. The lowest BCUT2D eigenvalue weighted by Gasteiger charge is -2.11. The Kier molecular flexibility index (Phi) is 5.54. The number of anilines is 1. The Morgan fingerprint density at radius 2 is 1.65 bits per heavy atom. The standard InChI is InChI=1S/C19H14Cl3N3.ClH/c20-13-7-9-15(18(22)17(13)21)25-19(23)24-14-8-6-11-5-4-10-2-1-3-12(14)16(10)11;/h1-3,6-9H,4-5H2,(H3,23,24,25);1H. The molecular formula is C19H15Cl4N3. The number of benzene rings is 3. The minimum absolute atomic E-state index is 0. The van der Waals surface area contributed by atoms with Gasteiger partial charge in [0.1, 0.15) is 0 Å². The van der Waals surface area contributed by atoms with Crippen LogP contribution in [-0.2, 0) is 12.8 Å². The molecule has 3 aromatic carbocycles. The highest BCUT2D eigenvalue weighted by Crippen LogP contribution is 2.38. The lowest BCUT2D eigenvalue weighted by atomic mass is 10.0. The Morgan fingerprint density at radius 3 is 2.42 bits per heavy atom. The number of hydrogen-bond acceptors (Lipinski definition) is 1. The van der Waals surface area contributed by atoms with Gasteiger partial charge in [-0.15, -0.1) is 12.4 Å². The summed E-state index contributed by atoms with van der Waals surface area (Å²) in [6.45, 7) is 0. The van der Waals surface area contributed by atoms with Crippen molar-refractivity contribution in [2.45, 2.75) is 12.8 Å². The first-order valence-corrected chi connectivity index (χ1v) is 8.96. The van der Waals surface area contributed by atoms with E-state index in [9.17, 15) is 0 Å². The van der Waals surface area contributed by atoms with Crippen molar-refractivity contribution >= 4 is 75.3 Å². The van der Waals surface area contributed by atoms with Crippen LogP contribution in [0.4, 0.5) is 11.4 Å². The first-order valence-electron chi connectivity index (χ1n) is 7.83. The maximum atomic E-state index is 6.18. The summed E-state index contributed by atoms with van der Waals surface area (Å²) in [5, 5.41) is 6.55. The molecule has 1 aliphatic carbocycles. The van der Waals surface area contributed by atoms with Gasteiger partial charge >= 0.3 is 0 Å². The first-order chi connectivity index (χ1) is 12.0. The third-order valence-corrected chi connectivity index (χ3v) is 5.68. The number of rotatable bonds is 2. The van der Waals surface area contributed by atoms with Crippen LogP contribution in [0.25, 0.3) is 10.8 Å². The van der Waals surface area contributed by atoms with Crippen LogP contribution in [0.3, 0.4) is 0 Å². The van der Waals surface area contributed by atoms with Gasteiger partial charge < -0.3 is 11.1 Å². The Balaban J connectivity index is 0.00000196. The number of nitrogens with one attached hydrogen (secondary N) is 1. The van der Waals surface area contributed by atoms with Gasteiger partial charge in [0.2, 0.25) is 0 Å². The average molecular weight is 427 g/mol. The van der Waals surface area contributed by atoms with Crippen molar-refractivity contribution in [2.75, 3.05) is 5.32 Å². The number of aliphatic imine (C=N–C) groups is 1. The molecule has 0 aliphatic heterocycles. The fourth-order valence-corrected chi connectivity index (χ4v) is 3.83. The molecule has 0 bridgehead atoms. The van der Waals surface area contributed by atoms with Crippen molar-refractivity contribution in [2.24, 2.45) is 10.7 Å². The van der Waals surface area contributed by atoms with Gasteiger partial charge in [0, 0.05) is 11.1 Å². The molecule has 0 heterocycles. The van der Waals surface area contributed by atoms with E-state index in [1.165, 1.54) is 16.5 Å². The largest absolute Gasteiger partial charge is 0.369 e. The molecule has 7 heteroatoms. The van der Waals surface area contributed by atoms with E-state index in [1.807, 2.05) is 6.07 Å². The van der Waals surface area contributed by atoms with Crippen LogP contribution >= 0.6 is 47.2 Å². The fraction of sp³-hybridized carbons (Fsp3) is 0.105. The summed E-state index contributed by atoms with van der Waals surface area (Å²) in [4.78, 5) is 4.33. The zero-order chi connectivity index (χ0) is 17.6. The quantitative estimate of drug-likeness (QED) is 0.283. The summed E-state index contributed by atoms with van der Waals surface area (Å²) in [7, 11) is 0. The molecule has 0 radical (unpaired) electrons. The summed E-state index contributed by atoms with van der Waals surface area (Å²) in [5.41, 5.74) is 10.2. The molecule has 3 nitrogen and oxygen atoms in total. The van der Waals surface area contributed by atoms with Crippen LogP contribution in [0.1, 0.15) is 11.1 Å². The molecule has 0 unspecified atom stereocenters. The number of nitrogens with zero attached hydrogens (tertiary/aromatic N) is 1. The predicted octanol–water partition coefficient (Wildman–Crippen LogP) is 6.38. The van der Waals surface area contributed by atoms with E-state index >= 15 is 0 Å². The highest BCUT2D eigenvalue weighted by Gasteiger charge is 2.16. The van der Waals surface area contributed by atoms with Crippen LogP contribution in [0.5, 0.6) is 0 Å². The molecule has 0 saturated carbocycles. The van der Waals surface area contributed by atoms with E-state index < -0.39 is 0 Å². The monoisotopic (exact) mass is 425 g/mol. The lowest BCUT2D eigenvalue weighted by Crippen LogP contribution is -2.22. The average Bonchev–Trinajstić information content (AvgIpc) is 3.03. The van der Waals surface area contributed by atoms with Crippen molar-refractivity contribution in [3.05, 3.63) is 68.7 Å². The SMILES string of the molecule is Cl.NC(=Nc1ccc(Cl)c(Cl)c1Cl)Nc1ccc2c3c(cccc13)CC2. The fourth-order valence-electron chi connectivity index (χ4n) is 3.25. The van der Waals surface area contributed by atoms with Crippen LogP contribution < -0.4 is 11.1 Å². The van der Waals surface area contributed by atoms with Gasteiger partial charge in [-0.1, -0.05) is 59.1 Å². The smallest absolute Gasteiger partial charge is 0.198 e. The molecule has 0 spiro atoms. The summed E-state index contributed by atoms with van der Waals surface area (Å²) in [5.74, 6) is 0.235. The molecule has 0 aromatic heterocycles. The predicted molar refractivity (Wildman–Crippen MR) is 115 cm³/mol. The second-order valence-corrected chi connectivity index (χ2v) is 7.09. The van der Waals surface area contributed by atoms with Crippen LogP contribution in [-0.4, -0.2) is 5.96 Å². The lowest BCUT2D eigenvalue weighted by molar-refractivity contribution is 1.02. The summed E-state index contributed by atoms with van der Waals surface area (Å²) >= 11 is 18.2. The zero-order valence-electron chi connectivity index (χ0n) is 13.5. The van der Waals surface area contributed by atoms with Gasteiger partial charge in [0.25, 0.3) is 0 Å². The van der Waals surface area contributed by atoms with Crippen molar-refractivity contribution in [1.82, 2.24) is 0 Å². The normalized spacial score (nSPS) is 13.0. The van der Waals surface area contributed by atoms with Crippen molar-refractivity contribution < 1.29 is 0 Å². The number of halogens is 4. The van der Waals surface area contributed by atoms with E-state index in [-0.39, 0.29) is 28.4 Å².